The fourth-order valence-electron chi connectivity index (χ4n) is 2.52. The molecule has 5 nitrogen and oxygen atoms in total. The molecule has 0 spiro atoms. The molecule has 0 aromatic carbocycles. The maximum Gasteiger partial charge on any atom is 0.250 e. The summed E-state index contributed by atoms with van der Waals surface area (Å²) in [6.45, 7) is 0. The second kappa shape index (κ2) is 4.92. The van der Waals surface area contributed by atoms with Crippen LogP contribution in [0.25, 0.3) is 11.3 Å². The number of amides is 1. The highest BCUT2D eigenvalue weighted by Crippen LogP contribution is 2.28. The van der Waals surface area contributed by atoms with Crippen LogP contribution in [0.1, 0.15) is 28.0 Å². The van der Waals surface area contributed by atoms with Gasteiger partial charge < -0.3 is 10.5 Å². The fraction of sp³-hybridized carbons (Fsp3) is 0.267. The van der Waals surface area contributed by atoms with Crippen LogP contribution in [0.5, 0.6) is 5.88 Å². The molecule has 1 aliphatic rings. The minimum Gasteiger partial charge on any atom is -0.481 e. The van der Waals surface area contributed by atoms with Gasteiger partial charge in [0, 0.05) is 23.5 Å². The van der Waals surface area contributed by atoms with Gasteiger partial charge in [-0.1, -0.05) is 0 Å². The zero-order valence-corrected chi connectivity index (χ0v) is 11.2. The topological polar surface area (TPSA) is 78.1 Å². The molecule has 2 aromatic rings. The highest BCUT2D eigenvalue weighted by atomic mass is 16.5. The van der Waals surface area contributed by atoms with E-state index in [0.29, 0.717) is 17.1 Å². The molecule has 1 amide bonds. The van der Waals surface area contributed by atoms with Gasteiger partial charge in [0.25, 0.3) is 5.91 Å². The number of nitrogens with two attached hydrogens (primary N) is 1. The largest absolute Gasteiger partial charge is 0.481 e. The van der Waals surface area contributed by atoms with Crippen molar-refractivity contribution in [1.82, 2.24) is 9.97 Å². The molecular weight excluding hydrogens is 254 g/mol. The van der Waals surface area contributed by atoms with Crippen molar-refractivity contribution in [3.63, 3.8) is 0 Å². The van der Waals surface area contributed by atoms with Crippen molar-refractivity contribution in [2.24, 2.45) is 5.73 Å². The van der Waals surface area contributed by atoms with Crippen molar-refractivity contribution in [3.05, 3.63) is 41.2 Å². The summed E-state index contributed by atoms with van der Waals surface area (Å²) in [5.74, 6) is 0.0635. The van der Waals surface area contributed by atoms with Crippen LogP contribution in [0, 0.1) is 0 Å². The summed E-state index contributed by atoms with van der Waals surface area (Å²) >= 11 is 0. The summed E-state index contributed by atoms with van der Waals surface area (Å²) in [4.78, 5) is 20.4. The molecule has 0 bridgehead atoms. The number of hydrogen-bond donors (Lipinski definition) is 1. The number of pyridine rings is 2. The Balaban J connectivity index is 2.13. The molecule has 0 fully saturated rings. The van der Waals surface area contributed by atoms with E-state index in [4.69, 9.17) is 10.5 Å². The Hall–Kier alpha value is -2.43. The average molecular weight is 269 g/mol. The normalized spacial score (nSPS) is 13.1. The summed E-state index contributed by atoms with van der Waals surface area (Å²) in [6, 6.07) is 5.45. The first kappa shape index (κ1) is 12.6. The van der Waals surface area contributed by atoms with Crippen LogP contribution in [0.15, 0.2) is 24.4 Å². The van der Waals surface area contributed by atoms with Gasteiger partial charge in [-0.15, -0.1) is 0 Å². The van der Waals surface area contributed by atoms with Gasteiger partial charge in [0.2, 0.25) is 5.88 Å². The van der Waals surface area contributed by atoms with Crippen molar-refractivity contribution in [2.45, 2.75) is 19.3 Å². The lowest BCUT2D eigenvalue weighted by atomic mass is 10.0. The third kappa shape index (κ3) is 2.11. The van der Waals surface area contributed by atoms with Gasteiger partial charge in [-0.25, -0.2) is 4.98 Å². The number of ether oxygens (including phenoxy) is 1. The monoisotopic (exact) mass is 269 g/mol. The number of methoxy groups -OCH3 is 1. The Bertz CT molecular complexity index is 666. The smallest absolute Gasteiger partial charge is 0.250 e. The summed E-state index contributed by atoms with van der Waals surface area (Å²) in [7, 11) is 1.56. The van der Waals surface area contributed by atoms with E-state index in [2.05, 4.69) is 9.97 Å². The zero-order valence-electron chi connectivity index (χ0n) is 11.2. The molecule has 0 aliphatic heterocycles. The van der Waals surface area contributed by atoms with E-state index in [-0.39, 0.29) is 0 Å². The Morgan fingerprint density at radius 3 is 2.85 bits per heavy atom. The minimum absolute atomic E-state index is 0.456. The molecule has 20 heavy (non-hydrogen) atoms. The van der Waals surface area contributed by atoms with Crippen molar-refractivity contribution in [1.29, 1.82) is 0 Å². The molecule has 2 heterocycles. The van der Waals surface area contributed by atoms with E-state index in [0.717, 1.165) is 36.1 Å². The van der Waals surface area contributed by atoms with E-state index in [1.165, 1.54) is 0 Å². The molecule has 0 unspecified atom stereocenters. The second-order valence-corrected chi connectivity index (χ2v) is 4.80. The highest BCUT2D eigenvalue weighted by molar-refractivity contribution is 5.99. The van der Waals surface area contributed by atoms with Gasteiger partial charge in [-0.3, -0.25) is 9.78 Å². The van der Waals surface area contributed by atoms with Crippen molar-refractivity contribution in [2.75, 3.05) is 7.11 Å². The molecule has 1 aliphatic carbocycles. The predicted octanol–water partition coefficient (Wildman–Crippen LogP) is 1.74. The lowest BCUT2D eigenvalue weighted by Crippen LogP contribution is -2.14. The number of fused-ring (bicyclic) bond motifs is 1. The number of aromatic nitrogens is 2. The average Bonchev–Trinajstić information content (AvgIpc) is 2.93. The summed E-state index contributed by atoms with van der Waals surface area (Å²) < 4.78 is 5.03. The van der Waals surface area contributed by atoms with Crippen molar-refractivity contribution < 1.29 is 9.53 Å². The summed E-state index contributed by atoms with van der Waals surface area (Å²) in [5, 5.41) is 0. The van der Waals surface area contributed by atoms with Gasteiger partial charge >= 0.3 is 0 Å². The lowest BCUT2D eigenvalue weighted by Gasteiger charge is -2.09. The fourth-order valence-corrected chi connectivity index (χ4v) is 2.52. The van der Waals surface area contributed by atoms with E-state index in [9.17, 15) is 4.79 Å². The Kier molecular flexibility index (Phi) is 3.10. The Morgan fingerprint density at radius 2 is 2.20 bits per heavy atom. The van der Waals surface area contributed by atoms with Gasteiger partial charge in [-0.2, -0.15) is 0 Å². The third-order valence-electron chi connectivity index (χ3n) is 3.54. The minimum atomic E-state index is -0.460. The second-order valence-electron chi connectivity index (χ2n) is 4.80. The molecule has 0 atom stereocenters. The van der Waals surface area contributed by atoms with E-state index in [1.54, 1.807) is 19.4 Å². The van der Waals surface area contributed by atoms with Crippen LogP contribution in [0.4, 0.5) is 0 Å². The maximum absolute atomic E-state index is 11.7. The van der Waals surface area contributed by atoms with Gasteiger partial charge in [0.15, 0.2) is 0 Å². The quantitative estimate of drug-likeness (QED) is 0.920. The van der Waals surface area contributed by atoms with E-state index in [1.807, 2.05) is 12.1 Å². The van der Waals surface area contributed by atoms with Crippen molar-refractivity contribution >= 4 is 5.91 Å². The van der Waals surface area contributed by atoms with E-state index < -0.39 is 5.91 Å². The summed E-state index contributed by atoms with van der Waals surface area (Å²) in [6.07, 6.45) is 4.63. The summed E-state index contributed by atoms with van der Waals surface area (Å²) in [5.41, 5.74) is 9.50. The first-order chi connectivity index (χ1) is 9.69. The van der Waals surface area contributed by atoms with Crippen LogP contribution in [-0.4, -0.2) is 23.0 Å². The maximum atomic E-state index is 11.7. The Morgan fingerprint density at radius 1 is 1.35 bits per heavy atom. The Labute approximate surface area is 116 Å². The molecule has 3 rings (SSSR count). The molecule has 2 aromatic heterocycles. The number of rotatable bonds is 3. The van der Waals surface area contributed by atoms with E-state index >= 15 is 0 Å². The van der Waals surface area contributed by atoms with Crippen LogP contribution in [0.3, 0.4) is 0 Å². The van der Waals surface area contributed by atoms with Crippen LogP contribution >= 0.6 is 0 Å². The number of primary amides is 1. The number of carbonyl (C=O) groups excluding carboxylic acids is 1. The molecule has 0 saturated carbocycles. The molecule has 5 heteroatoms. The number of nitrogens with zero attached hydrogens (tertiary/aromatic N) is 2. The van der Waals surface area contributed by atoms with Gasteiger partial charge in [0.05, 0.1) is 18.4 Å². The molecule has 0 saturated heterocycles. The first-order valence-corrected chi connectivity index (χ1v) is 6.52. The predicted molar refractivity (Wildman–Crippen MR) is 74.6 cm³/mol. The number of carbonyl (C=O) groups is 1. The van der Waals surface area contributed by atoms with Crippen LogP contribution in [0.2, 0.25) is 0 Å². The number of aryl methyl sites for hydroxylation is 2. The molecule has 0 radical (unpaired) electrons. The number of hydrogen-bond acceptors (Lipinski definition) is 4. The third-order valence-corrected chi connectivity index (χ3v) is 3.54. The standard InChI is InChI=1S/C15H15N3O2/c1-20-13-6-5-10(8-17-13)14-11(15(16)19)7-9-3-2-4-12(9)18-14/h5-8H,2-4H2,1H3,(H2,16,19). The zero-order chi connectivity index (χ0) is 14.1. The van der Waals surface area contributed by atoms with Crippen LogP contribution in [-0.2, 0) is 12.8 Å². The molecule has 2 N–H and O–H groups in total. The SMILES string of the molecule is COc1ccc(-c2nc3c(cc2C(N)=O)CCC3)cn1. The highest BCUT2D eigenvalue weighted by Gasteiger charge is 2.20. The van der Waals surface area contributed by atoms with Crippen molar-refractivity contribution in [3.8, 4) is 17.1 Å². The van der Waals surface area contributed by atoms with Gasteiger partial charge in [0.1, 0.15) is 0 Å². The lowest BCUT2D eigenvalue weighted by molar-refractivity contribution is 0.100. The van der Waals surface area contributed by atoms with Gasteiger partial charge in [-0.05, 0) is 37.0 Å². The molecule has 102 valence electrons. The first-order valence-electron chi connectivity index (χ1n) is 6.52. The molecular formula is C15H15N3O2. The van der Waals surface area contributed by atoms with Crippen LogP contribution < -0.4 is 10.5 Å².